The van der Waals surface area contributed by atoms with Gasteiger partial charge < -0.3 is 5.32 Å². The average Bonchev–Trinajstić information content (AvgIpc) is 2.96. The van der Waals surface area contributed by atoms with Crippen molar-refractivity contribution in [2.24, 2.45) is 0 Å². The van der Waals surface area contributed by atoms with Gasteiger partial charge in [-0.25, -0.2) is 8.42 Å². The first-order valence-corrected chi connectivity index (χ1v) is 9.08. The van der Waals surface area contributed by atoms with Crippen LogP contribution in [0, 0.1) is 0 Å². The van der Waals surface area contributed by atoms with Crippen molar-refractivity contribution in [3.8, 4) is 0 Å². The molecule has 0 amide bonds. The molecule has 0 aliphatic carbocycles. The highest BCUT2D eigenvalue weighted by molar-refractivity contribution is 9.11. The van der Waals surface area contributed by atoms with Crippen molar-refractivity contribution >= 4 is 37.3 Å². The maximum absolute atomic E-state index is 12.6. The number of thiophene rings is 1. The van der Waals surface area contributed by atoms with Crippen LogP contribution in [0.1, 0.15) is 19.8 Å². The van der Waals surface area contributed by atoms with Crippen LogP contribution in [0.25, 0.3) is 0 Å². The third kappa shape index (κ3) is 2.96. The van der Waals surface area contributed by atoms with E-state index in [1.54, 1.807) is 16.4 Å². The second kappa shape index (κ2) is 6.00. The van der Waals surface area contributed by atoms with Gasteiger partial charge in [-0.15, -0.1) is 11.3 Å². The molecule has 1 N–H and O–H groups in total. The van der Waals surface area contributed by atoms with E-state index in [1.165, 1.54) is 11.3 Å². The van der Waals surface area contributed by atoms with E-state index in [0.717, 1.165) is 29.7 Å². The van der Waals surface area contributed by atoms with Crippen LogP contribution in [0.3, 0.4) is 0 Å². The normalized spacial score (nSPS) is 20.7. The predicted molar refractivity (Wildman–Crippen MR) is 77.5 cm³/mol. The zero-order chi connectivity index (χ0) is 13.2. The smallest absolute Gasteiger partial charge is 0.252 e. The lowest BCUT2D eigenvalue weighted by Crippen LogP contribution is -2.41. The molecule has 1 aliphatic rings. The first-order chi connectivity index (χ1) is 8.55. The van der Waals surface area contributed by atoms with Crippen LogP contribution in [0.15, 0.2) is 20.1 Å². The number of halogens is 1. The molecule has 1 aromatic heterocycles. The van der Waals surface area contributed by atoms with Crippen LogP contribution in [0.5, 0.6) is 0 Å². The number of sulfonamides is 1. The lowest BCUT2D eigenvalue weighted by atomic mass is 10.2. The van der Waals surface area contributed by atoms with E-state index in [2.05, 4.69) is 21.2 Å². The maximum atomic E-state index is 12.6. The molecule has 0 aromatic carbocycles. The molecule has 1 aromatic rings. The van der Waals surface area contributed by atoms with Gasteiger partial charge in [0.2, 0.25) is 0 Å². The van der Waals surface area contributed by atoms with Crippen LogP contribution in [-0.2, 0) is 10.0 Å². The molecule has 2 rings (SSSR count). The highest BCUT2D eigenvalue weighted by atomic mass is 79.9. The summed E-state index contributed by atoms with van der Waals surface area (Å²) in [6.07, 6.45) is 1.73. The van der Waals surface area contributed by atoms with Crippen LogP contribution >= 0.6 is 27.3 Å². The maximum Gasteiger partial charge on any atom is 0.252 e. The van der Waals surface area contributed by atoms with Gasteiger partial charge in [-0.1, -0.05) is 6.92 Å². The molecule has 0 spiro atoms. The zero-order valence-electron chi connectivity index (χ0n) is 10.2. The van der Waals surface area contributed by atoms with Crippen molar-refractivity contribution in [1.82, 2.24) is 9.62 Å². The number of nitrogens with zero attached hydrogens (tertiary/aromatic N) is 1. The summed E-state index contributed by atoms with van der Waals surface area (Å²) in [5, 5.41) is 3.23. The molecular weight excluding hydrogens is 336 g/mol. The standard InChI is InChI=1S/C11H17BrN2O2S2/c1-2-7-14(9-5-6-13-8-9)18(15,16)11-4-3-10(12)17-11/h3-4,9,13H,2,5-8H2,1H3. The molecule has 4 nitrogen and oxygen atoms in total. The topological polar surface area (TPSA) is 49.4 Å². The van der Waals surface area contributed by atoms with Crippen molar-refractivity contribution in [1.29, 1.82) is 0 Å². The first kappa shape index (κ1) is 14.5. The molecule has 7 heteroatoms. The second-order valence-corrected chi connectivity index (χ2v) is 8.90. The van der Waals surface area contributed by atoms with E-state index in [-0.39, 0.29) is 6.04 Å². The Kier molecular flexibility index (Phi) is 4.82. The molecule has 1 unspecified atom stereocenters. The van der Waals surface area contributed by atoms with E-state index in [4.69, 9.17) is 0 Å². The molecule has 1 atom stereocenters. The summed E-state index contributed by atoms with van der Waals surface area (Å²) in [4.78, 5) is 0. The van der Waals surface area contributed by atoms with Crippen molar-refractivity contribution < 1.29 is 8.42 Å². The summed E-state index contributed by atoms with van der Waals surface area (Å²) in [6, 6.07) is 3.56. The third-order valence-corrected chi connectivity index (χ3v) is 7.04. The summed E-state index contributed by atoms with van der Waals surface area (Å²) < 4.78 is 28.2. The van der Waals surface area contributed by atoms with Crippen molar-refractivity contribution in [3.05, 3.63) is 15.9 Å². The Morgan fingerprint density at radius 2 is 2.33 bits per heavy atom. The van der Waals surface area contributed by atoms with Gasteiger partial charge in [0.05, 0.1) is 3.79 Å². The molecule has 1 aliphatic heterocycles. The summed E-state index contributed by atoms with van der Waals surface area (Å²) >= 11 is 4.59. The third-order valence-electron chi connectivity index (χ3n) is 3.00. The monoisotopic (exact) mass is 352 g/mol. The van der Waals surface area contributed by atoms with Crippen LogP contribution in [0.2, 0.25) is 0 Å². The second-order valence-electron chi connectivity index (χ2n) is 4.32. The van der Waals surface area contributed by atoms with Gasteiger partial charge >= 0.3 is 0 Å². The molecule has 0 saturated carbocycles. The molecule has 18 heavy (non-hydrogen) atoms. The van der Waals surface area contributed by atoms with Gasteiger partial charge in [0, 0.05) is 19.1 Å². The first-order valence-electron chi connectivity index (χ1n) is 6.03. The minimum atomic E-state index is -3.34. The van der Waals surface area contributed by atoms with Gasteiger partial charge in [0.15, 0.2) is 0 Å². The fourth-order valence-corrected chi connectivity index (χ4v) is 6.04. The van der Waals surface area contributed by atoms with E-state index in [0.29, 0.717) is 10.8 Å². The predicted octanol–water partition coefficient (Wildman–Crippen LogP) is 2.27. The Morgan fingerprint density at radius 3 is 2.83 bits per heavy atom. The van der Waals surface area contributed by atoms with E-state index >= 15 is 0 Å². The van der Waals surface area contributed by atoms with Gasteiger partial charge in [0.1, 0.15) is 4.21 Å². The number of hydrogen-bond donors (Lipinski definition) is 1. The van der Waals surface area contributed by atoms with Crippen LogP contribution in [0.4, 0.5) is 0 Å². The quantitative estimate of drug-likeness (QED) is 0.884. The molecule has 2 heterocycles. The fraction of sp³-hybridized carbons (Fsp3) is 0.636. The number of nitrogens with one attached hydrogen (secondary N) is 1. The Hall–Kier alpha value is 0.0500. The van der Waals surface area contributed by atoms with Gasteiger partial charge in [-0.2, -0.15) is 4.31 Å². The summed E-state index contributed by atoms with van der Waals surface area (Å²) in [5.41, 5.74) is 0. The lowest BCUT2D eigenvalue weighted by Gasteiger charge is -2.26. The highest BCUT2D eigenvalue weighted by Gasteiger charge is 2.33. The Balaban J connectivity index is 2.28. The van der Waals surface area contributed by atoms with Gasteiger partial charge in [-0.05, 0) is 47.4 Å². The zero-order valence-corrected chi connectivity index (χ0v) is 13.4. The highest BCUT2D eigenvalue weighted by Crippen LogP contribution is 2.30. The van der Waals surface area contributed by atoms with Crippen LogP contribution < -0.4 is 5.32 Å². The fourth-order valence-electron chi connectivity index (χ4n) is 2.16. The summed E-state index contributed by atoms with van der Waals surface area (Å²) in [7, 11) is -3.34. The molecule has 102 valence electrons. The largest absolute Gasteiger partial charge is 0.315 e. The molecular formula is C11H17BrN2O2S2. The van der Waals surface area contributed by atoms with Crippen molar-refractivity contribution in [2.75, 3.05) is 19.6 Å². The minimum Gasteiger partial charge on any atom is -0.315 e. The minimum absolute atomic E-state index is 0.0934. The molecule has 0 bridgehead atoms. The van der Waals surface area contributed by atoms with Crippen molar-refractivity contribution in [2.45, 2.75) is 30.0 Å². The Morgan fingerprint density at radius 1 is 1.56 bits per heavy atom. The number of hydrogen-bond acceptors (Lipinski definition) is 4. The van der Waals surface area contributed by atoms with Crippen molar-refractivity contribution in [3.63, 3.8) is 0 Å². The lowest BCUT2D eigenvalue weighted by molar-refractivity contribution is 0.336. The van der Waals surface area contributed by atoms with E-state index < -0.39 is 10.0 Å². The number of rotatable bonds is 5. The summed E-state index contributed by atoms with van der Waals surface area (Å²) in [6.45, 7) is 4.25. The van der Waals surface area contributed by atoms with E-state index in [9.17, 15) is 8.42 Å². The van der Waals surface area contributed by atoms with Gasteiger partial charge in [0.25, 0.3) is 10.0 Å². The molecule has 1 fully saturated rings. The average molecular weight is 353 g/mol. The van der Waals surface area contributed by atoms with Crippen LogP contribution in [-0.4, -0.2) is 38.4 Å². The molecule has 1 saturated heterocycles. The Bertz CT molecular complexity index is 495. The van der Waals surface area contributed by atoms with E-state index in [1.807, 2.05) is 6.92 Å². The SMILES string of the molecule is CCCN(C1CCNC1)S(=O)(=O)c1ccc(Br)s1. The molecule has 0 radical (unpaired) electrons. The van der Waals surface area contributed by atoms with Gasteiger partial charge in [-0.3, -0.25) is 0 Å². The summed E-state index contributed by atoms with van der Waals surface area (Å²) in [5.74, 6) is 0. The Labute approximate surface area is 121 Å².